The highest BCUT2D eigenvalue weighted by atomic mass is 16.6. The van der Waals surface area contributed by atoms with Crippen LogP contribution in [0.25, 0.3) is 0 Å². The maximum Gasteiger partial charge on any atom is 0.408 e. The van der Waals surface area contributed by atoms with E-state index in [4.69, 9.17) is 4.74 Å². The summed E-state index contributed by atoms with van der Waals surface area (Å²) in [7, 11) is 0. The molecule has 0 saturated heterocycles. The molecule has 0 aliphatic rings. The summed E-state index contributed by atoms with van der Waals surface area (Å²) in [5, 5.41) is 16.5. The van der Waals surface area contributed by atoms with Crippen molar-refractivity contribution in [3.05, 3.63) is 29.3 Å². The Kier molecular flexibility index (Phi) is 12.1. The van der Waals surface area contributed by atoms with Crippen LogP contribution in [-0.2, 0) is 14.3 Å². The lowest BCUT2D eigenvalue weighted by molar-refractivity contribution is -0.143. The van der Waals surface area contributed by atoms with Crippen LogP contribution in [0.2, 0.25) is 0 Å². The van der Waals surface area contributed by atoms with E-state index in [-0.39, 0.29) is 24.1 Å². The normalized spacial score (nSPS) is 13.9. The number of hydrogen-bond donors (Lipinski definition) is 3. The lowest BCUT2D eigenvalue weighted by atomic mass is 9.95. The predicted molar refractivity (Wildman–Crippen MR) is 138 cm³/mol. The number of benzene rings is 1. The van der Waals surface area contributed by atoms with E-state index >= 15 is 0 Å². The number of rotatable bonds is 12. The van der Waals surface area contributed by atoms with Crippen LogP contribution in [0.4, 0.5) is 4.79 Å². The summed E-state index contributed by atoms with van der Waals surface area (Å²) in [6, 6.07) is 3.23. The zero-order valence-electron chi connectivity index (χ0n) is 22.7. The third-order valence-electron chi connectivity index (χ3n) is 5.98. The van der Waals surface area contributed by atoms with Crippen LogP contribution in [0.15, 0.2) is 18.2 Å². The maximum absolute atomic E-state index is 13.9. The standard InChI is InChI=1S/C27H45N3O5/c1-9-12-13-17-28-24(32)22(20-16-14-15-19(5)23(20)31)30(11-3)25(33)21(18(4)10-2)29-26(34)35-27(6,7)8/h14-16,18,21-22,31H,9-13,17H2,1-8H3,(H,28,32)(H,29,34). The molecule has 198 valence electrons. The van der Waals surface area contributed by atoms with Gasteiger partial charge < -0.3 is 25.4 Å². The van der Waals surface area contributed by atoms with E-state index < -0.39 is 29.7 Å². The molecule has 1 aromatic rings. The van der Waals surface area contributed by atoms with Gasteiger partial charge in [-0.15, -0.1) is 0 Å². The number of aromatic hydroxyl groups is 1. The van der Waals surface area contributed by atoms with Crippen molar-refractivity contribution in [1.29, 1.82) is 0 Å². The van der Waals surface area contributed by atoms with Crippen LogP contribution in [-0.4, -0.2) is 52.6 Å². The fourth-order valence-corrected chi connectivity index (χ4v) is 3.80. The second kappa shape index (κ2) is 14.0. The quantitative estimate of drug-likeness (QED) is 0.363. The number of alkyl carbamates (subject to hydrolysis) is 1. The number of amides is 3. The van der Waals surface area contributed by atoms with Gasteiger partial charge in [0.15, 0.2) is 0 Å². The van der Waals surface area contributed by atoms with Gasteiger partial charge in [0.05, 0.1) is 0 Å². The number of para-hydroxylation sites is 1. The molecule has 0 saturated carbocycles. The Morgan fingerprint density at radius 1 is 1.11 bits per heavy atom. The summed E-state index contributed by atoms with van der Waals surface area (Å²) in [5.74, 6) is -0.990. The van der Waals surface area contributed by atoms with E-state index in [1.165, 1.54) is 4.90 Å². The Labute approximate surface area is 210 Å². The van der Waals surface area contributed by atoms with Crippen molar-refractivity contribution in [2.24, 2.45) is 5.92 Å². The molecule has 0 radical (unpaired) electrons. The van der Waals surface area contributed by atoms with Crippen LogP contribution in [0.1, 0.15) is 91.3 Å². The summed E-state index contributed by atoms with van der Waals surface area (Å²) in [5.41, 5.74) is 0.250. The average Bonchev–Trinajstić information content (AvgIpc) is 2.78. The number of phenols is 1. The van der Waals surface area contributed by atoms with E-state index in [2.05, 4.69) is 17.6 Å². The molecule has 0 heterocycles. The molecule has 35 heavy (non-hydrogen) atoms. The molecule has 8 nitrogen and oxygen atoms in total. The highest BCUT2D eigenvalue weighted by Gasteiger charge is 2.38. The van der Waals surface area contributed by atoms with Gasteiger partial charge in [-0.1, -0.05) is 58.2 Å². The molecule has 3 unspecified atom stereocenters. The van der Waals surface area contributed by atoms with Gasteiger partial charge in [-0.2, -0.15) is 0 Å². The summed E-state index contributed by atoms with van der Waals surface area (Å²) in [4.78, 5) is 41.3. The van der Waals surface area contributed by atoms with Gasteiger partial charge in [0.25, 0.3) is 0 Å². The van der Waals surface area contributed by atoms with Gasteiger partial charge in [0.2, 0.25) is 11.8 Å². The zero-order valence-corrected chi connectivity index (χ0v) is 22.7. The third kappa shape index (κ3) is 9.07. The molecule has 0 aliphatic carbocycles. The summed E-state index contributed by atoms with van der Waals surface area (Å²) in [6.07, 6.45) is 2.76. The van der Waals surface area contributed by atoms with Crippen LogP contribution in [0.3, 0.4) is 0 Å². The van der Waals surface area contributed by atoms with Gasteiger partial charge in [0.1, 0.15) is 23.4 Å². The molecule has 0 fully saturated rings. The van der Waals surface area contributed by atoms with E-state index in [1.807, 2.05) is 13.8 Å². The van der Waals surface area contributed by atoms with Crippen molar-refractivity contribution in [2.75, 3.05) is 13.1 Å². The van der Waals surface area contributed by atoms with Gasteiger partial charge >= 0.3 is 6.09 Å². The Balaban J connectivity index is 3.39. The highest BCUT2D eigenvalue weighted by molar-refractivity contribution is 5.92. The summed E-state index contributed by atoms with van der Waals surface area (Å²) < 4.78 is 5.39. The molecular formula is C27H45N3O5. The van der Waals surface area contributed by atoms with Gasteiger partial charge in [-0.25, -0.2) is 4.79 Å². The lowest BCUT2D eigenvalue weighted by Crippen LogP contribution is -2.55. The molecule has 0 aliphatic heterocycles. The van der Waals surface area contributed by atoms with Crippen molar-refractivity contribution in [3.8, 4) is 5.75 Å². The minimum atomic E-state index is -1.04. The number of aryl methyl sites for hydroxylation is 1. The Morgan fingerprint density at radius 3 is 2.31 bits per heavy atom. The molecule has 0 bridgehead atoms. The first kappa shape index (κ1) is 30.3. The predicted octanol–water partition coefficient (Wildman–Crippen LogP) is 4.84. The molecule has 0 aromatic heterocycles. The van der Waals surface area contributed by atoms with Crippen molar-refractivity contribution in [3.63, 3.8) is 0 Å². The van der Waals surface area contributed by atoms with E-state index in [0.717, 1.165) is 19.3 Å². The van der Waals surface area contributed by atoms with Gasteiger partial charge in [-0.3, -0.25) is 9.59 Å². The molecule has 1 rings (SSSR count). The first-order valence-corrected chi connectivity index (χ1v) is 12.7. The smallest absolute Gasteiger partial charge is 0.408 e. The summed E-state index contributed by atoms with van der Waals surface area (Å²) >= 11 is 0. The zero-order chi connectivity index (χ0) is 26.8. The van der Waals surface area contributed by atoms with Crippen molar-refractivity contribution < 1.29 is 24.2 Å². The van der Waals surface area contributed by atoms with Crippen LogP contribution in [0.5, 0.6) is 5.75 Å². The highest BCUT2D eigenvalue weighted by Crippen LogP contribution is 2.32. The number of likely N-dealkylation sites (N-methyl/N-ethyl adjacent to an activating group) is 1. The molecular weight excluding hydrogens is 446 g/mol. The Hall–Kier alpha value is -2.77. The van der Waals surface area contributed by atoms with Crippen molar-refractivity contribution >= 4 is 17.9 Å². The van der Waals surface area contributed by atoms with Crippen LogP contribution >= 0.6 is 0 Å². The third-order valence-corrected chi connectivity index (χ3v) is 5.98. The summed E-state index contributed by atoms with van der Waals surface area (Å²) in [6.45, 7) is 15.4. The number of unbranched alkanes of at least 4 members (excludes halogenated alkanes) is 2. The second-order valence-electron chi connectivity index (χ2n) is 10.0. The monoisotopic (exact) mass is 491 g/mol. The largest absolute Gasteiger partial charge is 0.507 e. The van der Waals surface area contributed by atoms with Gasteiger partial charge in [-0.05, 0) is 52.5 Å². The number of ether oxygens (including phenoxy) is 1. The molecule has 3 amide bonds. The molecule has 0 spiro atoms. The average molecular weight is 492 g/mol. The number of carbonyl (C=O) groups excluding carboxylic acids is 3. The molecule has 3 N–H and O–H groups in total. The van der Waals surface area contributed by atoms with Crippen molar-refractivity contribution in [1.82, 2.24) is 15.5 Å². The number of nitrogens with one attached hydrogen (secondary N) is 2. The van der Waals surface area contributed by atoms with Crippen LogP contribution in [0, 0.1) is 12.8 Å². The minimum absolute atomic E-state index is 0.0207. The number of nitrogens with zero attached hydrogens (tertiary/aromatic N) is 1. The fourth-order valence-electron chi connectivity index (χ4n) is 3.80. The molecule has 8 heteroatoms. The minimum Gasteiger partial charge on any atom is -0.507 e. The Bertz CT molecular complexity index is 850. The van der Waals surface area contributed by atoms with E-state index in [0.29, 0.717) is 24.1 Å². The number of phenolic OH excluding ortho intramolecular Hbond substituents is 1. The van der Waals surface area contributed by atoms with Crippen LogP contribution < -0.4 is 10.6 Å². The van der Waals surface area contributed by atoms with Crippen molar-refractivity contribution in [2.45, 2.75) is 98.8 Å². The van der Waals surface area contributed by atoms with Gasteiger partial charge in [0, 0.05) is 18.7 Å². The molecule has 3 atom stereocenters. The molecule has 1 aromatic carbocycles. The fraction of sp³-hybridized carbons (Fsp3) is 0.667. The van der Waals surface area contributed by atoms with E-state index in [1.54, 1.807) is 52.8 Å². The first-order chi connectivity index (χ1) is 16.4. The van der Waals surface area contributed by atoms with E-state index in [9.17, 15) is 19.5 Å². The lowest BCUT2D eigenvalue weighted by Gasteiger charge is -2.35. The number of hydrogen-bond acceptors (Lipinski definition) is 5. The topological polar surface area (TPSA) is 108 Å². The maximum atomic E-state index is 13.9. The number of carbonyl (C=O) groups is 3. The first-order valence-electron chi connectivity index (χ1n) is 12.7. The SMILES string of the molecule is CCCCCNC(=O)C(c1cccc(C)c1O)N(CC)C(=O)C(NC(=O)OC(C)(C)C)C(C)CC. The second-order valence-corrected chi connectivity index (χ2v) is 10.0. The Morgan fingerprint density at radius 2 is 1.77 bits per heavy atom.